The molecule has 0 bridgehead atoms. The van der Waals surface area contributed by atoms with Gasteiger partial charge in [-0.15, -0.1) is 0 Å². The van der Waals surface area contributed by atoms with Gasteiger partial charge >= 0.3 is 0 Å². The molecule has 0 aliphatic carbocycles. The van der Waals surface area contributed by atoms with Gasteiger partial charge in [0.15, 0.2) is 5.03 Å². The minimum atomic E-state index is -3.79. The highest BCUT2D eigenvalue weighted by molar-refractivity contribution is 8.13. The van der Waals surface area contributed by atoms with Crippen LogP contribution in [0.2, 0.25) is 0 Å². The number of halogens is 1. The molecule has 0 N–H and O–H groups in total. The van der Waals surface area contributed by atoms with Crippen molar-refractivity contribution in [1.82, 2.24) is 19.1 Å². The number of hydrogen-bond acceptors (Lipinski definition) is 4. The predicted molar refractivity (Wildman–Crippen MR) is 67.0 cm³/mol. The average Bonchev–Trinajstić information content (AvgIpc) is 2.86. The molecular formula is C10H13ClN4O2S. The first-order valence-electron chi connectivity index (χ1n) is 5.38. The van der Waals surface area contributed by atoms with Gasteiger partial charge in [0.25, 0.3) is 9.05 Å². The van der Waals surface area contributed by atoms with E-state index < -0.39 is 9.05 Å². The van der Waals surface area contributed by atoms with Crippen LogP contribution in [0, 0.1) is 0 Å². The van der Waals surface area contributed by atoms with Crippen molar-refractivity contribution in [3.8, 4) is 0 Å². The summed E-state index contributed by atoms with van der Waals surface area (Å²) in [4.78, 5) is 8.21. The molecule has 8 heteroatoms. The maximum absolute atomic E-state index is 11.3. The molecule has 0 aliphatic rings. The molecule has 0 amide bonds. The SMILES string of the molecule is CCc1nc(S(=O)(=O)Cl)cn1Cc1nccn1C. The first-order chi connectivity index (χ1) is 8.41. The standard InChI is InChI=1S/C10H13ClN4O2S/c1-3-8-13-10(18(11,16)17)7-15(8)6-9-12-4-5-14(9)2/h4-5,7H,3,6H2,1-2H3. The predicted octanol–water partition coefficient (Wildman–Crippen LogP) is 1.15. The van der Waals surface area contributed by atoms with Gasteiger partial charge in [-0.05, 0) is 0 Å². The number of rotatable bonds is 4. The van der Waals surface area contributed by atoms with Gasteiger partial charge in [-0.1, -0.05) is 6.92 Å². The lowest BCUT2D eigenvalue weighted by Crippen LogP contribution is -2.07. The Morgan fingerprint density at radius 3 is 2.61 bits per heavy atom. The Morgan fingerprint density at radius 1 is 1.39 bits per heavy atom. The molecule has 0 atom stereocenters. The molecule has 0 spiro atoms. The van der Waals surface area contributed by atoms with Crippen molar-refractivity contribution in [2.24, 2.45) is 7.05 Å². The lowest BCUT2D eigenvalue weighted by atomic mass is 10.4. The maximum atomic E-state index is 11.3. The van der Waals surface area contributed by atoms with E-state index in [1.807, 2.05) is 24.7 Å². The summed E-state index contributed by atoms with van der Waals surface area (Å²) < 4.78 is 26.1. The second-order valence-corrected chi connectivity index (χ2v) is 6.38. The smallest absolute Gasteiger partial charge is 0.280 e. The van der Waals surface area contributed by atoms with Gasteiger partial charge < -0.3 is 9.13 Å². The molecule has 0 fully saturated rings. The summed E-state index contributed by atoms with van der Waals surface area (Å²) in [6, 6.07) is 0. The second kappa shape index (κ2) is 4.74. The lowest BCUT2D eigenvalue weighted by Gasteiger charge is -2.05. The van der Waals surface area contributed by atoms with Crippen LogP contribution < -0.4 is 0 Å². The van der Waals surface area contributed by atoms with Crippen molar-refractivity contribution in [1.29, 1.82) is 0 Å². The van der Waals surface area contributed by atoms with E-state index >= 15 is 0 Å². The van der Waals surface area contributed by atoms with Crippen LogP contribution in [-0.4, -0.2) is 27.5 Å². The van der Waals surface area contributed by atoms with E-state index in [1.165, 1.54) is 6.20 Å². The third kappa shape index (κ3) is 2.56. The lowest BCUT2D eigenvalue weighted by molar-refractivity contribution is 0.606. The normalized spacial score (nSPS) is 11.9. The number of nitrogens with zero attached hydrogens (tertiary/aromatic N) is 4. The molecule has 2 rings (SSSR count). The zero-order chi connectivity index (χ0) is 13.3. The van der Waals surface area contributed by atoms with E-state index in [1.54, 1.807) is 10.8 Å². The van der Waals surface area contributed by atoms with Crippen molar-refractivity contribution in [2.75, 3.05) is 0 Å². The van der Waals surface area contributed by atoms with Gasteiger partial charge in [0.1, 0.15) is 11.6 Å². The van der Waals surface area contributed by atoms with Gasteiger partial charge in [0.05, 0.1) is 6.54 Å². The Bertz CT molecular complexity index is 659. The quantitative estimate of drug-likeness (QED) is 0.792. The number of hydrogen-bond donors (Lipinski definition) is 0. The number of aromatic nitrogens is 4. The topological polar surface area (TPSA) is 69.8 Å². The molecule has 2 aromatic rings. The highest BCUT2D eigenvalue weighted by Crippen LogP contribution is 2.15. The Morgan fingerprint density at radius 2 is 2.11 bits per heavy atom. The monoisotopic (exact) mass is 288 g/mol. The molecule has 0 aromatic carbocycles. The summed E-state index contributed by atoms with van der Waals surface area (Å²) in [6.45, 7) is 2.37. The van der Waals surface area contributed by atoms with Crippen LogP contribution in [0.1, 0.15) is 18.6 Å². The molecule has 6 nitrogen and oxygen atoms in total. The van der Waals surface area contributed by atoms with Crippen LogP contribution in [0.5, 0.6) is 0 Å². The first kappa shape index (κ1) is 13.1. The highest BCUT2D eigenvalue weighted by Gasteiger charge is 2.17. The van der Waals surface area contributed by atoms with E-state index in [2.05, 4.69) is 9.97 Å². The van der Waals surface area contributed by atoms with Gasteiger partial charge in [-0.3, -0.25) is 0 Å². The van der Waals surface area contributed by atoms with E-state index in [9.17, 15) is 8.42 Å². The molecule has 0 saturated carbocycles. The van der Waals surface area contributed by atoms with Gasteiger partial charge in [-0.25, -0.2) is 18.4 Å². The molecule has 98 valence electrons. The van der Waals surface area contributed by atoms with Crippen molar-refractivity contribution in [3.05, 3.63) is 30.2 Å². The summed E-state index contributed by atoms with van der Waals surface area (Å²) in [5.74, 6) is 1.48. The zero-order valence-electron chi connectivity index (χ0n) is 10.0. The highest BCUT2D eigenvalue weighted by atomic mass is 35.7. The molecule has 2 aromatic heterocycles. The third-order valence-corrected chi connectivity index (χ3v) is 3.81. The maximum Gasteiger partial charge on any atom is 0.280 e. The molecule has 0 radical (unpaired) electrons. The van der Waals surface area contributed by atoms with Crippen LogP contribution in [0.3, 0.4) is 0 Å². The van der Waals surface area contributed by atoms with Crippen LogP contribution in [0.25, 0.3) is 0 Å². The van der Waals surface area contributed by atoms with E-state index in [4.69, 9.17) is 10.7 Å². The minimum Gasteiger partial charge on any atom is -0.337 e. The summed E-state index contributed by atoms with van der Waals surface area (Å²) in [5.41, 5.74) is 0. The minimum absolute atomic E-state index is 0.116. The second-order valence-electron chi connectivity index (χ2n) is 3.87. The van der Waals surface area contributed by atoms with Crippen molar-refractivity contribution in [3.63, 3.8) is 0 Å². The Hall–Kier alpha value is -1.34. The van der Waals surface area contributed by atoms with Crippen LogP contribution in [-0.2, 0) is 29.1 Å². The van der Waals surface area contributed by atoms with Gasteiger partial charge in [-0.2, -0.15) is 0 Å². The molecule has 2 heterocycles. The Labute approximate surface area is 110 Å². The van der Waals surface area contributed by atoms with Gasteiger partial charge in [0, 0.05) is 42.7 Å². The summed E-state index contributed by atoms with van der Waals surface area (Å²) >= 11 is 0. The van der Waals surface area contributed by atoms with E-state index in [0.717, 1.165) is 5.82 Å². The van der Waals surface area contributed by atoms with Crippen molar-refractivity contribution < 1.29 is 8.42 Å². The number of aryl methyl sites for hydroxylation is 2. The summed E-state index contributed by atoms with van der Waals surface area (Å²) in [5, 5.41) is -0.116. The third-order valence-electron chi connectivity index (χ3n) is 2.64. The Kier molecular flexibility index (Phi) is 3.45. The van der Waals surface area contributed by atoms with Crippen molar-refractivity contribution >= 4 is 19.7 Å². The summed E-state index contributed by atoms with van der Waals surface area (Å²) in [7, 11) is 3.38. The first-order valence-corrected chi connectivity index (χ1v) is 7.69. The molecule has 0 aliphatic heterocycles. The molecule has 0 saturated heterocycles. The molecule has 0 unspecified atom stereocenters. The van der Waals surface area contributed by atoms with E-state index in [-0.39, 0.29) is 5.03 Å². The van der Waals surface area contributed by atoms with Crippen molar-refractivity contribution in [2.45, 2.75) is 24.9 Å². The molecule has 18 heavy (non-hydrogen) atoms. The fraction of sp³-hybridized carbons (Fsp3) is 0.400. The fourth-order valence-corrected chi connectivity index (χ4v) is 2.36. The Balaban J connectivity index is 2.39. The van der Waals surface area contributed by atoms with Crippen LogP contribution in [0.4, 0.5) is 0 Å². The largest absolute Gasteiger partial charge is 0.337 e. The average molecular weight is 289 g/mol. The van der Waals surface area contributed by atoms with Crippen LogP contribution >= 0.6 is 10.7 Å². The molecular weight excluding hydrogens is 276 g/mol. The number of imidazole rings is 2. The van der Waals surface area contributed by atoms with E-state index in [0.29, 0.717) is 18.8 Å². The van der Waals surface area contributed by atoms with Gasteiger partial charge in [0.2, 0.25) is 0 Å². The zero-order valence-corrected chi connectivity index (χ0v) is 11.6. The summed E-state index contributed by atoms with van der Waals surface area (Å²) in [6.07, 6.45) is 5.58. The fourth-order valence-electron chi connectivity index (χ4n) is 1.67. The van der Waals surface area contributed by atoms with Crippen LogP contribution in [0.15, 0.2) is 23.6 Å².